The number of carboxylic acids is 1. The highest BCUT2D eigenvalue weighted by Crippen LogP contribution is 2.43. The number of fused-ring (bicyclic) bond motifs is 1. The molecule has 1 atom stereocenters. The van der Waals surface area contributed by atoms with Gasteiger partial charge in [0, 0.05) is 18.1 Å². The van der Waals surface area contributed by atoms with Crippen LogP contribution in [0.4, 0.5) is 10.1 Å². The second-order valence-corrected chi connectivity index (χ2v) is 8.03. The van der Waals surface area contributed by atoms with Gasteiger partial charge in [-0.25, -0.2) is 9.18 Å². The maximum atomic E-state index is 14.5. The number of aliphatic hydroxyl groups excluding tert-OH is 1. The van der Waals surface area contributed by atoms with E-state index in [0.717, 1.165) is 0 Å². The van der Waals surface area contributed by atoms with E-state index < -0.39 is 11.8 Å². The third-order valence-electron chi connectivity index (χ3n) is 5.33. The Morgan fingerprint density at radius 3 is 2.73 bits per heavy atom. The molecule has 6 nitrogen and oxygen atoms in total. The Bertz CT molecular complexity index is 938. The van der Waals surface area contributed by atoms with E-state index in [1.165, 1.54) is 13.3 Å². The smallest absolute Gasteiger partial charge is 0.373 e. The van der Waals surface area contributed by atoms with E-state index in [-0.39, 0.29) is 35.8 Å². The Hall–Kier alpha value is -2.51. The van der Waals surface area contributed by atoms with Crippen LogP contribution in [0.25, 0.3) is 0 Å². The molecule has 1 aliphatic carbocycles. The number of nitrogens with zero attached hydrogens (tertiary/aromatic N) is 1. The van der Waals surface area contributed by atoms with Gasteiger partial charge >= 0.3 is 5.97 Å². The first-order valence-electron chi connectivity index (χ1n) is 9.73. The first kappa shape index (κ1) is 22.2. The Kier molecular flexibility index (Phi) is 6.73. The van der Waals surface area contributed by atoms with Gasteiger partial charge in [-0.1, -0.05) is 31.5 Å². The number of halogens is 2. The lowest BCUT2D eigenvalue weighted by atomic mass is 9.95. The van der Waals surface area contributed by atoms with Crippen molar-refractivity contribution in [3.63, 3.8) is 0 Å². The Morgan fingerprint density at radius 2 is 2.13 bits per heavy atom. The Morgan fingerprint density at radius 1 is 1.40 bits per heavy atom. The van der Waals surface area contributed by atoms with Crippen LogP contribution in [0.2, 0.25) is 0 Å². The monoisotopic (exact) mass is 437 g/mol. The van der Waals surface area contributed by atoms with E-state index in [2.05, 4.69) is 0 Å². The average Bonchev–Trinajstić information content (AvgIpc) is 2.70. The van der Waals surface area contributed by atoms with Crippen molar-refractivity contribution in [3.8, 4) is 11.5 Å². The van der Waals surface area contributed by atoms with E-state index in [1.54, 1.807) is 23.1 Å². The first-order valence-corrected chi connectivity index (χ1v) is 10.1. The molecule has 3 rings (SSSR count). The highest BCUT2D eigenvalue weighted by Gasteiger charge is 2.31. The summed E-state index contributed by atoms with van der Waals surface area (Å²) in [5.41, 5.74) is 1.78. The van der Waals surface area contributed by atoms with Gasteiger partial charge in [-0.05, 0) is 30.4 Å². The number of ether oxygens (including phenoxy) is 2. The third-order valence-corrected chi connectivity index (χ3v) is 5.65. The molecule has 0 bridgehead atoms. The topological polar surface area (TPSA) is 79.2 Å². The predicted octanol–water partition coefficient (Wildman–Crippen LogP) is 4.52. The molecule has 8 heteroatoms. The van der Waals surface area contributed by atoms with Crippen molar-refractivity contribution in [1.29, 1.82) is 0 Å². The third kappa shape index (κ3) is 4.32. The molecule has 30 heavy (non-hydrogen) atoms. The summed E-state index contributed by atoms with van der Waals surface area (Å²) in [5.74, 6) is -1.05. The number of anilines is 1. The van der Waals surface area contributed by atoms with Crippen LogP contribution >= 0.6 is 11.6 Å². The second kappa shape index (κ2) is 9.10. The van der Waals surface area contributed by atoms with Gasteiger partial charge in [0.1, 0.15) is 11.6 Å². The van der Waals surface area contributed by atoms with E-state index in [4.69, 9.17) is 21.1 Å². The average molecular weight is 438 g/mol. The van der Waals surface area contributed by atoms with E-state index >= 15 is 0 Å². The first-order chi connectivity index (χ1) is 14.3. The number of hydrogen-bond donors (Lipinski definition) is 2. The SMILES string of the molecule is COc1cc2c(cc1CC1=C(F)C(Cl)=CCC1)OC(C(=O)O)=CN2C(CO)C(C)C. The zero-order valence-electron chi connectivity index (χ0n) is 17.1. The molecule has 2 N–H and O–H groups in total. The van der Waals surface area contributed by atoms with Crippen LogP contribution in [0.1, 0.15) is 32.3 Å². The van der Waals surface area contributed by atoms with E-state index in [0.29, 0.717) is 41.2 Å². The minimum atomic E-state index is -1.22. The number of aliphatic hydroxyl groups is 1. The van der Waals surface area contributed by atoms with Crippen LogP contribution in [0.15, 0.2) is 46.6 Å². The van der Waals surface area contributed by atoms with Crippen LogP contribution in [0, 0.1) is 5.92 Å². The fourth-order valence-corrected chi connectivity index (χ4v) is 3.92. The second-order valence-electron chi connectivity index (χ2n) is 7.62. The fourth-order valence-electron chi connectivity index (χ4n) is 3.67. The highest BCUT2D eigenvalue weighted by atomic mass is 35.5. The molecule has 1 aromatic rings. The van der Waals surface area contributed by atoms with Crippen molar-refractivity contribution >= 4 is 23.3 Å². The number of rotatable bonds is 7. The molecule has 1 unspecified atom stereocenters. The Labute approximate surface area is 179 Å². The van der Waals surface area contributed by atoms with Crippen LogP contribution in [-0.2, 0) is 11.2 Å². The molecule has 1 aromatic carbocycles. The summed E-state index contributed by atoms with van der Waals surface area (Å²) >= 11 is 5.94. The number of aliphatic carboxylic acids is 1. The summed E-state index contributed by atoms with van der Waals surface area (Å²) in [4.78, 5) is 13.3. The molecule has 1 heterocycles. The number of hydrogen-bond acceptors (Lipinski definition) is 5. The summed E-state index contributed by atoms with van der Waals surface area (Å²) in [5, 5.41) is 19.5. The van der Waals surface area contributed by atoms with Crippen LogP contribution in [0.3, 0.4) is 0 Å². The molecule has 0 spiro atoms. The molecule has 162 valence electrons. The zero-order chi connectivity index (χ0) is 22.0. The van der Waals surface area contributed by atoms with Gasteiger partial charge in [-0.3, -0.25) is 0 Å². The summed E-state index contributed by atoms with van der Waals surface area (Å²) in [6.45, 7) is 3.70. The molecule has 0 fully saturated rings. The molecule has 0 radical (unpaired) electrons. The van der Waals surface area contributed by atoms with Crippen LogP contribution in [0.5, 0.6) is 11.5 Å². The molecule has 1 aliphatic heterocycles. The Balaban J connectivity index is 2.08. The highest BCUT2D eigenvalue weighted by molar-refractivity contribution is 6.31. The summed E-state index contributed by atoms with van der Waals surface area (Å²) < 4.78 is 25.6. The largest absolute Gasteiger partial charge is 0.496 e. The van der Waals surface area contributed by atoms with E-state index in [9.17, 15) is 19.4 Å². The lowest BCUT2D eigenvalue weighted by molar-refractivity contribution is -0.135. The lowest BCUT2D eigenvalue weighted by Gasteiger charge is -2.36. The molecule has 0 aromatic heterocycles. The zero-order valence-corrected chi connectivity index (χ0v) is 17.9. The summed E-state index contributed by atoms with van der Waals surface area (Å²) in [6.07, 6.45) is 4.47. The number of benzene rings is 1. The maximum absolute atomic E-state index is 14.5. The fraction of sp³-hybridized carbons (Fsp3) is 0.409. The van der Waals surface area contributed by atoms with Gasteiger partial charge in [0.25, 0.3) is 0 Å². The minimum absolute atomic E-state index is 0.0355. The molecular weight excluding hydrogens is 413 g/mol. The quantitative estimate of drug-likeness (QED) is 0.653. The van der Waals surface area contributed by atoms with Gasteiger partial charge in [0.05, 0.1) is 36.7 Å². The van der Waals surface area contributed by atoms with Crippen molar-refractivity contribution in [2.45, 2.75) is 39.2 Å². The lowest BCUT2D eigenvalue weighted by Crippen LogP contribution is -2.40. The van der Waals surface area contributed by atoms with Gasteiger partial charge in [0.15, 0.2) is 5.75 Å². The van der Waals surface area contributed by atoms with Crippen molar-refractivity contribution in [1.82, 2.24) is 0 Å². The van der Waals surface area contributed by atoms with Crippen molar-refractivity contribution < 1.29 is 28.9 Å². The van der Waals surface area contributed by atoms with Gasteiger partial charge in [0.2, 0.25) is 5.76 Å². The summed E-state index contributed by atoms with van der Waals surface area (Å²) in [7, 11) is 1.52. The normalized spacial score (nSPS) is 17.2. The van der Waals surface area contributed by atoms with Gasteiger partial charge in [-0.15, -0.1) is 0 Å². The number of allylic oxidation sites excluding steroid dienone is 4. The minimum Gasteiger partial charge on any atom is -0.496 e. The van der Waals surface area contributed by atoms with Gasteiger partial charge in [-0.2, -0.15) is 0 Å². The molecule has 0 saturated carbocycles. The van der Waals surface area contributed by atoms with Crippen molar-refractivity contribution in [3.05, 3.63) is 52.2 Å². The molecule has 0 amide bonds. The van der Waals surface area contributed by atoms with Crippen molar-refractivity contribution in [2.75, 3.05) is 18.6 Å². The van der Waals surface area contributed by atoms with Crippen LogP contribution in [-0.4, -0.2) is 35.9 Å². The van der Waals surface area contributed by atoms with Crippen molar-refractivity contribution in [2.24, 2.45) is 5.92 Å². The molecule has 0 saturated heterocycles. The van der Waals surface area contributed by atoms with Gasteiger partial charge < -0.3 is 24.6 Å². The standard InChI is InChI=1S/C22H25ClFNO5/c1-12(2)17(11-26)25-10-20(22(27)28)30-19-8-14(18(29-3)9-16(19)25)7-13-5-4-6-15(23)21(13)24/h6,8-10,12,17,26H,4-5,7,11H2,1-3H3,(H,27,28). The number of carboxylic acid groups (broad SMARTS) is 1. The maximum Gasteiger partial charge on any atom is 0.373 e. The number of carbonyl (C=O) groups is 1. The summed E-state index contributed by atoms with van der Waals surface area (Å²) in [6, 6.07) is 3.03. The van der Waals surface area contributed by atoms with E-state index in [1.807, 2.05) is 13.8 Å². The van der Waals surface area contributed by atoms with Crippen LogP contribution < -0.4 is 14.4 Å². The predicted molar refractivity (Wildman–Crippen MR) is 113 cm³/mol. The molecule has 2 aliphatic rings. The molecular formula is C22H25ClFNO5. The number of methoxy groups -OCH3 is 1.